The van der Waals surface area contributed by atoms with Gasteiger partial charge in [-0.3, -0.25) is 0 Å². The minimum Gasteiger partial charge on any atom is -0.463 e. The van der Waals surface area contributed by atoms with Crippen LogP contribution in [0.15, 0.2) is 21.5 Å². The molecule has 2 aromatic rings. The van der Waals surface area contributed by atoms with Gasteiger partial charge in [-0.2, -0.15) is 0 Å². The maximum atomic E-state index is 10.7. The molecule has 28 heavy (non-hydrogen) atoms. The molecule has 1 aliphatic heterocycles. The zero-order valence-corrected chi connectivity index (χ0v) is 19.2. The number of aromatic nitrogens is 3. The first kappa shape index (κ1) is 22.7. The van der Waals surface area contributed by atoms with Crippen molar-refractivity contribution in [2.45, 2.75) is 65.1 Å². The van der Waals surface area contributed by atoms with E-state index in [-0.39, 0.29) is 30.5 Å². The molecule has 3 heterocycles. The van der Waals surface area contributed by atoms with Gasteiger partial charge in [0.1, 0.15) is 29.5 Å². The molecule has 0 bridgehead atoms. The molecular weight excluding hydrogens is 471 g/mol. The van der Waals surface area contributed by atoms with Crippen molar-refractivity contribution in [2.75, 3.05) is 13.1 Å². The van der Waals surface area contributed by atoms with Gasteiger partial charge in [-0.15, -0.1) is 34.2 Å². The van der Waals surface area contributed by atoms with Gasteiger partial charge in [0.25, 0.3) is 0 Å². The lowest BCUT2D eigenvalue weighted by Gasteiger charge is -2.22. The van der Waals surface area contributed by atoms with Crippen LogP contribution in [0.25, 0.3) is 0 Å². The van der Waals surface area contributed by atoms with E-state index in [9.17, 15) is 5.11 Å². The molecule has 3 rings (SSSR count). The lowest BCUT2D eigenvalue weighted by Crippen LogP contribution is -2.44. The van der Waals surface area contributed by atoms with Crippen molar-refractivity contribution in [1.82, 2.24) is 25.4 Å². The Morgan fingerprint density at radius 1 is 1.29 bits per heavy atom. The van der Waals surface area contributed by atoms with Crippen molar-refractivity contribution in [3.8, 4) is 0 Å². The van der Waals surface area contributed by atoms with Crippen molar-refractivity contribution in [3.63, 3.8) is 0 Å². The average molecular weight is 502 g/mol. The van der Waals surface area contributed by atoms with Gasteiger partial charge in [-0.1, -0.05) is 6.42 Å². The molecule has 0 spiro atoms. The summed E-state index contributed by atoms with van der Waals surface area (Å²) in [7, 11) is 0. The van der Waals surface area contributed by atoms with Crippen molar-refractivity contribution in [1.29, 1.82) is 0 Å². The number of nitrogens with zero attached hydrogens (tertiary/aromatic N) is 4. The van der Waals surface area contributed by atoms with E-state index in [2.05, 4.69) is 30.4 Å². The van der Waals surface area contributed by atoms with E-state index in [0.717, 1.165) is 43.3 Å². The Labute approximate surface area is 183 Å². The predicted molar refractivity (Wildman–Crippen MR) is 119 cm³/mol. The molecule has 3 N–H and O–H groups in total. The predicted octanol–water partition coefficient (Wildman–Crippen LogP) is 2.49. The van der Waals surface area contributed by atoms with E-state index >= 15 is 0 Å². The van der Waals surface area contributed by atoms with E-state index in [1.807, 2.05) is 19.9 Å². The average Bonchev–Trinajstić information content (AvgIpc) is 3.17. The first-order chi connectivity index (χ1) is 13.0. The molecule has 1 aliphatic rings. The fourth-order valence-corrected chi connectivity index (χ4v) is 3.22. The smallest absolute Gasteiger partial charge is 0.191 e. The lowest BCUT2D eigenvalue weighted by atomic mass is 10.0. The molecule has 0 fully saturated rings. The summed E-state index contributed by atoms with van der Waals surface area (Å²) >= 11 is 0. The van der Waals surface area contributed by atoms with Gasteiger partial charge in [0, 0.05) is 19.5 Å². The molecule has 0 saturated carbocycles. The minimum absolute atomic E-state index is 0. The van der Waals surface area contributed by atoms with E-state index in [4.69, 9.17) is 4.42 Å². The third kappa shape index (κ3) is 5.69. The summed E-state index contributed by atoms with van der Waals surface area (Å²) in [6.45, 7) is 8.01. The first-order valence-corrected chi connectivity index (χ1v) is 9.72. The highest BCUT2D eigenvalue weighted by molar-refractivity contribution is 14.0. The van der Waals surface area contributed by atoms with Crippen LogP contribution in [0.5, 0.6) is 0 Å². The number of fused-ring (bicyclic) bond motifs is 1. The summed E-state index contributed by atoms with van der Waals surface area (Å²) in [5, 5.41) is 25.7. The SMILES string of the molecule is CCNC(=NCc1nnc2n1CCCCC2)NCC(C)(O)c1ccc(C)o1.I. The summed E-state index contributed by atoms with van der Waals surface area (Å²) in [5.74, 6) is 3.89. The van der Waals surface area contributed by atoms with Crippen molar-refractivity contribution < 1.29 is 9.52 Å². The van der Waals surface area contributed by atoms with E-state index in [1.165, 1.54) is 12.8 Å². The maximum absolute atomic E-state index is 10.7. The number of halogens is 1. The van der Waals surface area contributed by atoms with Gasteiger partial charge in [0.15, 0.2) is 11.8 Å². The Bertz CT molecular complexity index is 783. The van der Waals surface area contributed by atoms with E-state index < -0.39 is 5.60 Å². The molecule has 1 unspecified atom stereocenters. The van der Waals surface area contributed by atoms with Crippen LogP contribution in [0, 0.1) is 6.92 Å². The monoisotopic (exact) mass is 502 g/mol. The van der Waals surface area contributed by atoms with Gasteiger partial charge in [-0.05, 0) is 45.7 Å². The third-order valence-electron chi connectivity index (χ3n) is 4.78. The second kappa shape index (κ2) is 10.2. The second-order valence-electron chi connectivity index (χ2n) is 7.23. The van der Waals surface area contributed by atoms with Crippen molar-refractivity contribution in [2.24, 2.45) is 4.99 Å². The summed E-state index contributed by atoms with van der Waals surface area (Å²) < 4.78 is 7.76. The van der Waals surface area contributed by atoms with Crippen LogP contribution in [0.1, 0.15) is 56.3 Å². The van der Waals surface area contributed by atoms with Crippen molar-refractivity contribution in [3.05, 3.63) is 35.3 Å². The number of aliphatic imine (C=N–C) groups is 1. The molecule has 156 valence electrons. The van der Waals surface area contributed by atoms with Gasteiger partial charge >= 0.3 is 0 Å². The standard InChI is InChI=1S/C19H30N6O2.HI/c1-4-20-18(22-13-19(3,26)15-10-9-14(2)27-15)21-12-17-24-23-16-8-6-5-7-11-25(16)17;/h9-10,26H,4-8,11-13H2,1-3H3,(H2,20,21,22);1H. The van der Waals surface area contributed by atoms with Crippen LogP contribution >= 0.6 is 24.0 Å². The molecule has 2 aromatic heterocycles. The largest absolute Gasteiger partial charge is 0.463 e. The number of hydrogen-bond donors (Lipinski definition) is 3. The van der Waals surface area contributed by atoms with Crippen LogP contribution in [0.4, 0.5) is 0 Å². The van der Waals surface area contributed by atoms with Crippen LogP contribution in [0.3, 0.4) is 0 Å². The molecular formula is C19H31IN6O2. The molecule has 0 saturated heterocycles. The Morgan fingerprint density at radius 2 is 2.11 bits per heavy atom. The van der Waals surface area contributed by atoms with Gasteiger partial charge in [0.2, 0.25) is 0 Å². The summed E-state index contributed by atoms with van der Waals surface area (Å²) in [4.78, 5) is 4.63. The zero-order valence-electron chi connectivity index (χ0n) is 16.9. The van der Waals surface area contributed by atoms with Gasteiger partial charge in [-0.25, -0.2) is 4.99 Å². The molecule has 9 heteroatoms. The van der Waals surface area contributed by atoms with Crippen LogP contribution in [-0.2, 0) is 25.1 Å². The molecule has 0 aromatic carbocycles. The number of aliphatic hydroxyl groups is 1. The Morgan fingerprint density at radius 3 is 2.82 bits per heavy atom. The zero-order chi connectivity index (χ0) is 19.3. The Balaban J connectivity index is 0.00000280. The number of furan rings is 1. The fraction of sp³-hybridized carbons (Fsp3) is 0.632. The molecule has 8 nitrogen and oxygen atoms in total. The van der Waals surface area contributed by atoms with Crippen LogP contribution in [0.2, 0.25) is 0 Å². The lowest BCUT2D eigenvalue weighted by molar-refractivity contribution is 0.0378. The second-order valence-corrected chi connectivity index (χ2v) is 7.23. The van der Waals surface area contributed by atoms with Crippen molar-refractivity contribution >= 4 is 29.9 Å². The maximum Gasteiger partial charge on any atom is 0.191 e. The summed E-state index contributed by atoms with van der Waals surface area (Å²) in [6, 6.07) is 3.65. The highest BCUT2D eigenvalue weighted by Crippen LogP contribution is 2.22. The fourth-order valence-electron chi connectivity index (χ4n) is 3.22. The number of hydrogen-bond acceptors (Lipinski definition) is 5. The summed E-state index contributed by atoms with van der Waals surface area (Å²) in [6.07, 6.45) is 4.55. The highest BCUT2D eigenvalue weighted by atomic mass is 127. The van der Waals surface area contributed by atoms with Gasteiger partial charge < -0.3 is 24.7 Å². The quantitative estimate of drug-likeness (QED) is 0.319. The number of guanidine groups is 1. The van der Waals surface area contributed by atoms with Crippen LogP contribution in [-0.4, -0.2) is 38.9 Å². The normalized spacial score (nSPS) is 16.5. The molecule has 1 atom stereocenters. The first-order valence-electron chi connectivity index (χ1n) is 9.72. The topological polar surface area (TPSA) is 100 Å². The minimum atomic E-state index is -1.13. The van der Waals surface area contributed by atoms with E-state index in [1.54, 1.807) is 13.0 Å². The Hall–Kier alpha value is -1.62. The summed E-state index contributed by atoms with van der Waals surface area (Å²) in [5.41, 5.74) is -1.13. The van der Waals surface area contributed by atoms with Gasteiger partial charge in [0.05, 0.1) is 6.54 Å². The highest BCUT2D eigenvalue weighted by Gasteiger charge is 2.27. The molecule has 0 aliphatic carbocycles. The number of aryl methyl sites for hydroxylation is 2. The molecule has 0 amide bonds. The van der Waals surface area contributed by atoms with Crippen LogP contribution < -0.4 is 10.6 Å². The number of rotatable bonds is 6. The number of nitrogens with one attached hydrogen (secondary N) is 2. The van der Waals surface area contributed by atoms with E-state index in [0.29, 0.717) is 18.3 Å². The third-order valence-corrected chi connectivity index (χ3v) is 4.78. The molecule has 0 radical (unpaired) electrons. The Kier molecular flexibility index (Phi) is 8.29.